The Bertz CT molecular complexity index is 271. The van der Waals surface area contributed by atoms with Gasteiger partial charge in [-0.25, -0.2) is 9.97 Å². The van der Waals surface area contributed by atoms with Gasteiger partial charge in [-0.15, -0.1) is 6.58 Å². The largest absolute Gasteiger partial charge is 0.367 e. The van der Waals surface area contributed by atoms with Crippen LogP contribution in [-0.2, 0) is 6.42 Å². The van der Waals surface area contributed by atoms with Crippen LogP contribution >= 0.6 is 0 Å². The Labute approximate surface area is 78.9 Å². The highest BCUT2D eigenvalue weighted by molar-refractivity contribution is 5.35. The number of anilines is 1. The van der Waals surface area contributed by atoms with Crippen LogP contribution in [0.3, 0.4) is 0 Å². The lowest BCUT2D eigenvalue weighted by Gasteiger charge is -2.03. The molecular formula is C10H15N3. The molecule has 0 atom stereocenters. The van der Waals surface area contributed by atoms with Crippen molar-refractivity contribution in [2.24, 2.45) is 0 Å². The molecule has 0 saturated carbocycles. The number of hydrogen-bond acceptors (Lipinski definition) is 3. The van der Waals surface area contributed by atoms with E-state index in [2.05, 4.69) is 28.8 Å². The van der Waals surface area contributed by atoms with E-state index in [4.69, 9.17) is 0 Å². The van der Waals surface area contributed by atoms with E-state index in [0.717, 1.165) is 30.9 Å². The molecular weight excluding hydrogens is 162 g/mol. The van der Waals surface area contributed by atoms with Crippen LogP contribution in [0.4, 0.5) is 5.82 Å². The molecule has 3 nitrogen and oxygen atoms in total. The number of aromatic nitrogens is 2. The van der Waals surface area contributed by atoms with Crippen molar-refractivity contribution >= 4 is 5.82 Å². The normalized spacial score (nSPS) is 9.62. The lowest BCUT2D eigenvalue weighted by molar-refractivity contribution is 0.872. The van der Waals surface area contributed by atoms with Crippen LogP contribution in [0.2, 0.25) is 0 Å². The molecule has 1 heterocycles. The Hall–Kier alpha value is -1.38. The molecule has 0 bridgehead atoms. The maximum Gasteiger partial charge on any atom is 0.129 e. The zero-order chi connectivity index (χ0) is 9.52. The highest BCUT2D eigenvalue weighted by Crippen LogP contribution is 2.05. The summed E-state index contributed by atoms with van der Waals surface area (Å²) < 4.78 is 0. The minimum atomic E-state index is 0.739. The summed E-state index contributed by atoms with van der Waals surface area (Å²) in [6.45, 7) is 6.51. The molecule has 1 aromatic heterocycles. The minimum Gasteiger partial charge on any atom is -0.367 e. The molecule has 70 valence electrons. The lowest BCUT2D eigenvalue weighted by Crippen LogP contribution is -2.01. The molecule has 0 amide bonds. The Morgan fingerprint density at radius 1 is 1.54 bits per heavy atom. The average molecular weight is 177 g/mol. The highest BCUT2D eigenvalue weighted by atomic mass is 15.0. The first-order valence-corrected chi connectivity index (χ1v) is 4.52. The van der Waals surface area contributed by atoms with E-state index in [1.54, 1.807) is 6.33 Å². The molecule has 0 saturated heterocycles. The molecule has 0 unspecified atom stereocenters. The van der Waals surface area contributed by atoms with Crippen LogP contribution in [0.15, 0.2) is 25.0 Å². The molecule has 13 heavy (non-hydrogen) atoms. The van der Waals surface area contributed by atoms with E-state index >= 15 is 0 Å². The van der Waals surface area contributed by atoms with Gasteiger partial charge in [-0.2, -0.15) is 0 Å². The fourth-order valence-corrected chi connectivity index (χ4v) is 1.06. The molecule has 0 aliphatic heterocycles. The fraction of sp³-hybridized carbons (Fsp3) is 0.400. The summed E-state index contributed by atoms with van der Waals surface area (Å²) in [7, 11) is 0. The van der Waals surface area contributed by atoms with Crippen molar-refractivity contribution in [2.45, 2.75) is 19.8 Å². The number of rotatable bonds is 5. The van der Waals surface area contributed by atoms with Crippen molar-refractivity contribution < 1.29 is 0 Å². The van der Waals surface area contributed by atoms with Gasteiger partial charge in [-0.3, -0.25) is 0 Å². The second-order valence-corrected chi connectivity index (χ2v) is 2.81. The molecule has 0 aliphatic carbocycles. The van der Waals surface area contributed by atoms with Crippen LogP contribution in [0.1, 0.15) is 19.0 Å². The van der Waals surface area contributed by atoms with Gasteiger partial charge in [-0.1, -0.05) is 19.4 Å². The second-order valence-electron chi connectivity index (χ2n) is 2.81. The molecule has 1 N–H and O–H groups in total. The molecule has 0 spiro atoms. The predicted octanol–water partition coefficient (Wildman–Crippen LogP) is 2.03. The van der Waals surface area contributed by atoms with Crippen LogP contribution in [0, 0.1) is 0 Å². The van der Waals surface area contributed by atoms with E-state index in [0.29, 0.717) is 0 Å². The summed E-state index contributed by atoms with van der Waals surface area (Å²) in [5, 5.41) is 3.12. The topological polar surface area (TPSA) is 37.8 Å². The molecule has 1 rings (SSSR count). The van der Waals surface area contributed by atoms with Crippen molar-refractivity contribution in [1.82, 2.24) is 9.97 Å². The lowest BCUT2D eigenvalue weighted by atomic mass is 10.2. The molecule has 3 heteroatoms. The van der Waals surface area contributed by atoms with E-state index in [9.17, 15) is 0 Å². The summed E-state index contributed by atoms with van der Waals surface area (Å²) in [6.07, 6.45) is 5.52. The molecule has 0 aromatic carbocycles. The molecule has 0 aliphatic rings. The van der Waals surface area contributed by atoms with E-state index in [1.807, 2.05) is 12.1 Å². The maximum atomic E-state index is 4.16. The average Bonchev–Trinajstić information content (AvgIpc) is 2.16. The summed E-state index contributed by atoms with van der Waals surface area (Å²) in [6, 6.07) is 1.98. The zero-order valence-corrected chi connectivity index (χ0v) is 7.95. The number of nitrogens with zero attached hydrogens (tertiary/aromatic N) is 2. The third-order valence-electron chi connectivity index (χ3n) is 1.66. The number of aryl methyl sites for hydroxylation is 1. The highest BCUT2D eigenvalue weighted by Gasteiger charge is 1.95. The summed E-state index contributed by atoms with van der Waals surface area (Å²) in [5.74, 6) is 0.873. The van der Waals surface area contributed by atoms with Gasteiger partial charge in [0.1, 0.15) is 12.1 Å². The van der Waals surface area contributed by atoms with Gasteiger partial charge >= 0.3 is 0 Å². The number of hydrogen-bond donors (Lipinski definition) is 1. The van der Waals surface area contributed by atoms with Crippen molar-refractivity contribution in [3.63, 3.8) is 0 Å². The van der Waals surface area contributed by atoms with Crippen molar-refractivity contribution in [2.75, 3.05) is 11.9 Å². The Morgan fingerprint density at radius 3 is 3.08 bits per heavy atom. The summed E-state index contributed by atoms with van der Waals surface area (Å²) >= 11 is 0. The first-order valence-electron chi connectivity index (χ1n) is 4.52. The Kier molecular flexibility index (Phi) is 3.96. The molecule has 0 fully saturated rings. The third-order valence-corrected chi connectivity index (χ3v) is 1.66. The minimum absolute atomic E-state index is 0.739. The predicted molar refractivity (Wildman–Crippen MR) is 54.7 cm³/mol. The van der Waals surface area contributed by atoms with Gasteiger partial charge in [0.05, 0.1) is 0 Å². The maximum absolute atomic E-state index is 4.16. The van der Waals surface area contributed by atoms with Crippen molar-refractivity contribution in [1.29, 1.82) is 0 Å². The summed E-state index contributed by atoms with van der Waals surface area (Å²) in [4.78, 5) is 8.25. The standard InChI is InChI=1S/C10H15N3/c1-3-5-9-7-10(11-6-4-2)13-8-12-9/h4,7-8H,2-3,5-6H2,1H3,(H,11,12,13). The monoisotopic (exact) mass is 177 g/mol. The van der Waals surface area contributed by atoms with Gasteiger partial charge in [0.25, 0.3) is 0 Å². The van der Waals surface area contributed by atoms with Crippen LogP contribution in [0.5, 0.6) is 0 Å². The zero-order valence-electron chi connectivity index (χ0n) is 7.95. The summed E-state index contributed by atoms with van der Waals surface area (Å²) in [5.41, 5.74) is 1.09. The quantitative estimate of drug-likeness (QED) is 0.699. The van der Waals surface area contributed by atoms with Crippen molar-refractivity contribution in [3.05, 3.63) is 30.7 Å². The molecule has 0 radical (unpaired) electrons. The van der Waals surface area contributed by atoms with Crippen LogP contribution in [-0.4, -0.2) is 16.5 Å². The van der Waals surface area contributed by atoms with E-state index < -0.39 is 0 Å². The smallest absolute Gasteiger partial charge is 0.129 e. The Morgan fingerprint density at radius 2 is 2.38 bits per heavy atom. The SMILES string of the molecule is C=CCNc1cc(CCC)ncn1. The first-order chi connectivity index (χ1) is 6.36. The third kappa shape index (κ3) is 3.23. The van der Waals surface area contributed by atoms with Gasteiger partial charge in [0.15, 0.2) is 0 Å². The Balaban J connectivity index is 2.61. The van der Waals surface area contributed by atoms with Gasteiger partial charge in [0.2, 0.25) is 0 Å². The van der Waals surface area contributed by atoms with Crippen LogP contribution in [0.25, 0.3) is 0 Å². The van der Waals surface area contributed by atoms with Crippen LogP contribution < -0.4 is 5.32 Å². The number of nitrogens with one attached hydrogen (secondary N) is 1. The fourth-order valence-electron chi connectivity index (χ4n) is 1.06. The van der Waals surface area contributed by atoms with E-state index in [-0.39, 0.29) is 0 Å². The second kappa shape index (κ2) is 5.30. The van der Waals surface area contributed by atoms with Gasteiger partial charge in [-0.05, 0) is 6.42 Å². The first kappa shape index (κ1) is 9.71. The van der Waals surface area contributed by atoms with Gasteiger partial charge < -0.3 is 5.32 Å². The van der Waals surface area contributed by atoms with E-state index in [1.165, 1.54) is 0 Å². The van der Waals surface area contributed by atoms with Crippen molar-refractivity contribution in [3.8, 4) is 0 Å². The molecule has 1 aromatic rings. The van der Waals surface area contributed by atoms with Gasteiger partial charge in [0, 0.05) is 18.3 Å².